The van der Waals surface area contributed by atoms with E-state index in [4.69, 9.17) is 0 Å². The van der Waals surface area contributed by atoms with Crippen molar-refractivity contribution in [1.82, 2.24) is 0 Å². The Morgan fingerprint density at radius 3 is 1.00 bits per heavy atom. The van der Waals surface area contributed by atoms with Gasteiger partial charge in [0.25, 0.3) is 0 Å². The first-order valence-electron chi connectivity index (χ1n) is 2.98. The van der Waals surface area contributed by atoms with Crippen molar-refractivity contribution in [3.8, 4) is 0 Å². The molecular weight excluding hydrogens is 339 g/mol. The topological polar surface area (TPSA) is 51.2 Å². The molecule has 0 rings (SSSR count). The van der Waals surface area contributed by atoms with Gasteiger partial charge in [0, 0.05) is 0 Å². The fourth-order valence-corrected chi connectivity index (χ4v) is 0.859. The van der Waals surface area contributed by atoms with Crippen molar-refractivity contribution in [3.63, 3.8) is 0 Å². The van der Waals surface area contributed by atoms with Crippen LogP contribution in [-0.4, -0.2) is 44.6 Å². The summed E-state index contributed by atoms with van der Waals surface area (Å²) >= 11 is 0. The number of carbonyl (C=O) groups excluding carboxylic acids is 3. The number of hydrogen-bond donors (Lipinski definition) is 0. The van der Waals surface area contributed by atoms with E-state index in [0.29, 0.717) is 0 Å². The maximum absolute atomic E-state index is 10.6. The molecule has 0 bridgehead atoms. The second-order valence-electron chi connectivity index (χ2n) is 2.26. The molecule has 0 aromatic heterocycles. The van der Waals surface area contributed by atoms with Gasteiger partial charge in [0.05, 0.1) is 0 Å². The summed E-state index contributed by atoms with van der Waals surface area (Å²) in [6.45, 7) is 3.73. The number of Topliss-reactive ketones (excluding diaryl/α,β-unsaturated/α-hetero) is 3. The third kappa shape index (κ3) is 4.39. The molecule has 0 amide bonds. The number of ketones is 3. The van der Waals surface area contributed by atoms with Crippen molar-refractivity contribution in [2.75, 3.05) is 0 Å². The fourth-order valence-electron chi connectivity index (χ4n) is 0.859. The molecule has 0 saturated carbocycles. The van der Waals surface area contributed by atoms with Crippen LogP contribution in [0.3, 0.4) is 0 Å². The standard InChI is InChI=1S/C7H10O3.Pb.2H/c1-4(8)7(5(2)9)6(3)10;;;/h7H,1-3H3;;;. The SMILES string of the molecule is CC(=O)C(C(C)=O)C(C)=O.[PbH2]. The fraction of sp³-hybridized carbons (Fsp3) is 0.571. The average molecular weight is 351 g/mol. The maximum atomic E-state index is 10.6. The Morgan fingerprint density at radius 2 is 1.00 bits per heavy atom. The summed E-state index contributed by atoms with van der Waals surface area (Å²) in [5.41, 5.74) is 0. The van der Waals surface area contributed by atoms with Gasteiger partial charge in [-0.05, 0) is 20.8 Å². The van der Waals surface area contributed by atoms with Crippen molar-refractivity contribution < 1.29 is 14.4 Å². The molecule has 11 heavy (non-hydrogen) atoms. The molecule has 4 heteroatoms. The van der Waals surface area contributed by atoms with E-state index < -0.39 is 5.92 Å². The molecule has 2 radical (unpaired) electrons. The second-order valence-corrected chi connectivity index (χ2v) is 2.26. The molecule has 0 aromatic carbocycles. The molecule has 0 N–H and O–H groups in total. The zero-order valence-corrected chi connectivity index (χ0v) is 12.5. The van der Waals surface area contributed by atoms with Gasteiger partial charge in [-0.2, -0.15) is 0 Å². The van der Waals surface area contributed by atoms with Gasteiger partial charge in [-0.1, -0.05) is 0 Å². The van der Waals surface area contributed by atoms with Crippen molar-refractivity contribution in [3.05, 3.63) is 0 Å². The number of rotatable bonds is 3. The van der Waals surface area contributed by atoms with Gasteiger partial charge < -0.3 is 0 Å². The van der Waals surface area contributed by atoms with Gasteiger partial charge in [-0.15, -0.1) is 0 Å². The molecule has 0 saturated heterocycles. The molecule has 0 heterocycles. The summed E-state index contributed by atoms with van der Waals surface area (Å²) in [5, 5.41) is 0. The first kappa shape index (κ1) is 13.5. The van der Waals surface area contributed by atoms with Gasteiger partial charge in [-0.3, -0.25) is 14.4 Å². The van der Waals surface area contributed by atoms with Gasteiger partial charge in [0.2, 0.25) is 0 Å². The summed E-state index contributed by atoms with van der Waals surface area (Å²) in [6.07, 6.45) is 0. The van der Waals surface area contributed by atoms with Crippen molar-refractivity contribution in [1.29, 1.82) is 0 Å². The van der Waals surface area contributed by atoms with E-state index in [1.54, 1.807) is 0 Å². The normalized spacial score (nSPS) is 8.73. The van der Waals surface area contributed by atoms with Crippen LogP contribution >= 0.6 is 0 Å². The number of carbonyl (C=O) groups is 3. The average Bonchev–Trinajstić information content (AvgIpc) is 1.59. The monoisotopic (exact) mass is 352 g/mol. The van der Waals surface area contributed by atoms with E-state index in [1.165, 1.54) is 20.8 Å². The summed E-state index contributed by atoms with van der Waals surface area (Å²) in [7, 11) is 0. The van der Waals surface area contributed by atoms with Gasteiger partial charge in [0.1, 0.15) is 23.3 Å². The third-order valence-corrected chi connectivity index (χ3v) is 1.22. The Kier molecular flexibility index (Phi) is 6.84. The molecule has 0 aliphatic rings. The molecule has 0 spiro atoms. The molecular formula is C7H12O3Pb. The first-order valence-corrected chi connectivity index (χ1v) is 2.98. The van der Waals surface area contributed by atoms with Crippen LogP contribution in [0.4, 0.5) is 0 Å². The van der Waals surface area contributed by atoms with E-state index in [9.17, 15) is 14.4 Å². The van der Waals surface area contributed by atoms with Crippen LogP contribution in [0.5, 0.6) is 0 Å². The van der Waals surface area contributed by atoms with Crippen LogP contribution < -0.4 is 0 Å². The van der Waals surface area contributed by atoms with Gasteiger partial charge in [0.15, 0.2) is 0 Å². The van der Waals surface area contributed by atoms with Crippen molar-refractivity contribution >= 4 is 44.6 Å². The van der Waals surface area contributed by atoms with Crippen LogP contribution in [0.25, 0.3) is 0 Å². The van der Waals surface area contributed by atoms with E-state index in [2.05, 4.69) is 0 Å². The summed E-state index contributed by atoms with van der Waals surface area (Å²) in [6, 6.07) is 0. The Morgan fingerprint density at radius 1 is 0.818 bits per heavy atom. The minimum absolute atomic E-state index is 0. The molecule has 0 aliphatic heterocycles. The quantitative estimate of drug-likeness (QED) is 0.507. The van der Waals surface area contributed by atoms with Crippen molar-refractivity contribution in [2.24, 2.45) is 5.92 Å². The summed E-state index contributed by atoms with van der Waals surface area (Å²) in [4.78, 5) is 31.8. The first-order chi connectivity index (χ1) is 4.46. The van der Waals surface area contributed by atoms with Crippen LogP contribution in [0.1, 0.15) is 20.8 Å². The minimum atomic E-state index is -1.03. The second kappa shape index (κ2) is 5.57. The number of hydrogen-bond acceptors (Lipinski definition) is 3. The molecule has 0 unspecified atom stereocenters. The molecule has 0 fully saturated rings. The Bertz CT molecular complexity index is 153. The zero-order chi connectivity index (χ0) is 8.31. The molecule has 0 aromatic rings. The van der Waals surface area contributed by atoms with Crippen molar-refractivity contribution in [2.45, 2.75) is 20.8 Å². The molecule has 62 valence electrons. The van der Waals surface area contributed by atoms with Crippen LogP contribution in [0.15, 0.2) is 0 Å². The van der Waals surface area contributed by atoms with E-state index in [-0.39, 0.29) is 44.6 Å². The Labute approximate surface area is 85.7 Å². The Hall–Kier alpha value is -0.0679. The van der Waals surface area contributed by atoms with Crippen LogP contribution in [0.2, 0.25) is 0 Å². The van der Waals surface area contributed by atoms with Crippen LogP contribution in [0, 0.1) is 5.92 Å². The summed E-state index contributed by atoms with van der Waals surface area (Å²) < 4.78 is 0. The predicted octanol–water partition coefficient (Wildman–Crippen LogP) is -0.547. The molecule has 0 aliphatic carbocycles. The zero-order valence-electron chi connectivity index (χ0n) is 7.01. The molecule has 0 atom stereocenters. The third-order valence-electron chi connectivity index (χ3n) is 1.22. The van der Waals surface area contributed by atoms with E-state index in [1.807, 2.05) is 0 Å². The molecule has 3 nitrogen and oxygen atoms in total. The Balaban J connectivity index is 0. The predicted molar refractivity (Wildman–Crippen MR) is 44.1 cm³/mol. The summed E-state index contributed by atoms with van der Waals surface area (Å²) in [5.74, 6) is -2.15. The van der Waals surface area contributed by atoms with Gasteiger partial charge >= 0.3 is 27.3 Å². The van der Waals surface area contributed by atoms with E-state index in [0.717, 1.165) is 0 Å². The van der Waals surface area contributed by atoms with E-state index >= 15 is 0 Å². The van der Waals surface area contributed by atoms with Gasteiger partial charge in [-0.25, -0.2) is 0 Å². The van der Waals surface area contributed by atoms with Crippen LogP contribution in [-0.2, 0) is 14.4 Å².